The topological polar surface area (TPSA) is 154 Å². The van der Waals surface area contributed by atoms with Crippen molar-refractivity contribution in [1.29, 1.82) is 0 Å². The van der Waals surface area contributed by atoms with E-state index >= 15 is 0 Å². The molecule has 4 N–H and O–H groups in total. The predicted octanol–water partition coefficient (Wildman–Crippen LogP) is 6.11. The van der Waals surface area contributed by atoms with Gasteiger partial charge >= 0.3 is 12.2 Å². The van der Waals surface area contributed by atoms with Crippen molar-refractivity contribution in [2.75, 3.05) is 5.32 Å². The summed E-state index contributed by atoms with van der Waals surface area (Å²) in [6.45, 7) is -0.0285. The molecule has 256 valence electrons. The highest BCUT2D eigenvalue weighted by Gasteiger charge is 2.33. The van der Waals surface area contributed by atoms with Gasteiger partial charge in [-0.05, 0) is 66.3 Å². The monoisotopic (exact) mass is 673 g/mol. The van der Waals surface area contributed by atoms with E-state index in [2.05, 4.69) is 20.6 Å². The van der Waals surface area contributed by atoms with Crippen LogP contribution in [0.25, 0.3) is 0 Å². The number of hydrogen-bond acceptors (Lipinski definition) is 7. The van der Waals surface area contributed by atoms with Crippen LogP contribution in [0.2, 0.25) is 0 Å². The Bertz CT molecular complexity index is 1810. The van der Waals surface area contributed by atoms with Crippen molar-refractivity contribution >= 4 is 23.8 Å². The Kier molecular flexibility index (Phi) is 12.6. The van der Waals surface area contributed by atoms with Gasteiger partial charge in [-0.25, -0.2) is 9.59 Å². The zero-order valence-electron chi connectivity index (χ0n) is 27.3. The number of carbonyl (C=O) groups is 3. The van der Waals surface area contributed by atoms with Crippen molar-refractivity contribution in [1.82, 2.24) is 20.2 Å². The minimum absolute atomic E-state index is 0.0168. The summed E-state index contributed by atoms with van der Waals surface area (Å²) in [5.41, 5.74) is 3.46. The molecule has 11 heteroatoms. The SMILES string of the molecule is O=C(Nc1ccccc1C(=O)N[C@@H](Cc1ccccc1)C[C@H](O)[C@H](Cc1ccccc1)N(Cc1cccnc1)C(=O)O)OCc1ccccn1. The number of carbonyl (C=O) groups excluding carboxylic acids is 2. The predicted molar refractivity (Wildman–Crippen MR) is 188 cm³/mol. The van der Waals surface area contributed by atoms with Crippen LogP contribution in [-0.4, -0.2) is 61.4 Å². The lowest BCUT2D eigenvalue weighted by molar-refractivity contribution is 0.0337. The van der Waals surface area contributed by atoms with Gasteiger partial charge in [0, 0.05) is 24.6 Å². The van der Waals surface area contributed by atoms with E-state index in [1.807, 2.05) is 60.7 Å². The van der Waals surface area contributed by atoms with Gasteiger partial charge in [0.2, 0.25) is 0 Å². The summed E-state index contributed by atoms with van der Waals surface area (Å²) in [4.78, 5) is 48.7. The first-order valence-electron chi connectivity index (χ1n) is 16.2. The minimum Gasteiger partial charge on any atom is -0.465 e. The van der Waals surface area contributed by atoms with E-state index in [1.54, 1.807) is 73.2 Å². The molecule has 0 radical (unpaired) electrons. The highest BCUT2D eigenvalue weighted by molar-refractivity contribution is 6.02. The molecule has 5 aromatic rings. The largest absolute Gasteiger partial charge is 0.465 e. The standard InChI is InChI=1S/C39H39N5O6/c45-36(35(23-29-14-5-2-6-15-29)44(39(48)49)26-30-16-11-20-40-25-30)24-32(22-28-12-3-1-4-13-28)42-37(46)33-18-7-8-19-34(33)43-38(47)50-27-31-17-9-10-21-41-31/h1-21,25,32,35-36,45H,22-24,26-27H2,(H,42,46)(H,43,47)(H,48,49)/t32-,35-,36-/m0/s1. The fourth-order valence-electron chi connectivity index (χ4n) is 5.69. The molecular formula is C39H39N5O6. The summed E-state index contributed by atoms with van der Waals surface area (Å²) in [6.07, 6.45) is 2.34. The number of pyridine rings is 2. The molecule has 11 nitrogen and oxygen atoms in total. The number of benzene rings is 3. The number of nitrogens with one attached hydrogen (secondary N) is 2. The lowest BCUT2D eigenvalue weighted by atomic mass is 9.92. The van der Waals surface area contributed by atoms with Crippen LogP contribution < -0.4 is 10.6 Å². The molecule has 0 spiro atoms. The number of para-hydroxylation sites is 1. The zero-order chi connectivity index (χ0) is 35.1. The molecule has 0 saturated heterocycles. The van der Waals surface area contributed by atoms with Crippen LogP contribution >= 0.6 is 0 Å². The van der Waals surface area contributed by atoms with Gasteiger partial charge < -0.3 is 20.3 Å². The van der Waals surface area contributed by atoms with Gasteiger partial charge in [-0.15, -0.1) is 0 Å². The van der Waals surface area contributed by atoms with Gasteiger partial charge in [0.15, 0.2) is 0 Å². The van der Waals surface area contributed by atoms with E-state index in [0.29, 0.717) is 17.7 Å². The molecule has 0 aliphatic carbocycles. The molecule has 0 saturated carbocycles. The van der Waals surface area contributed by atoms with Crippen LogP contribution in [0.3, 0.4) is 0 Å². The second-order valence-electron chi connectivity index (χ2n) is 11.8. The maximum Gasteiger partial charge on any atom is 0.412 e. The van der Waals surface area contributed by atoms with E-state index in [9.17, 15) is 24.6 Å². The normalized spacial score (nSPS) is 12.6. The molecule has 0 bridgehead atoms. The number of carboxylic acid groups (broad SMARTS) is 1. The summed E-state index contributed by atoms with van der Waals surface area (Å²) in [5, 5.41) is 27.9. The molecule has 5 rings (SSSR count). The Hall–Kier alpha value is -6.07. The number of hydrogen-bond donors (Lipinski definition) is 4. The van der Waals surface area contributed by atoms with Crippen LogP contribution in [0, 0.1) is 0 Å². The lowest BCUT2D eigenvalue weighted by Gasteiger charge is -2.35. The van der Waals surface area contributed by atoms with Crippen LogP contribution in [0.5, 0.6) is 0 Å². The van der Waals surface area contributed by atoms with Gasteiger partial charge in [0.1, 0.15) is 6.61 Å². The lowest BCUT2D eigenvalue weighted by Crippen LogP contribution is -2.50. The number of anilines is 1. The molecule has 0 fully saturated rings. The van der Waals surface area contributed by atoms with Crippen molar-refractivity contribution in [2.24, 2.45) is 0 Å². The average molecular weight is 674 g/mol. The van der Waals surface area contributed by atoms with Crippen LogP contribution in [0.15, 0.2) is 134 Å². The Balaban J connectivity index is 1.37. The summed E-state index contributed by atoms with van der Waals surface area (Å²) >= 11 is 0. The maximum absolute atomic E-state index is 13.8. The Morgan fingerprint density at radius 2 is 1.42 bits per heavy atom. The number of ether oxygens (including phenoxy) is 1. The number of aliphatic hydroxyl groups excluding tert-OH is 1. The third-order valence-corrected chi connectivity index (χ3v) is 8.13. The molecule has 2 heterocycles. The van der Waals surface area contributed by atoms with Gasteiger partial charge in [0.25, 0.3) is 5.91 Å². The fourth-order valence-corrected chi connectivity index (χ4v) is 5.69. The first-order chi connectivity index (χ1) is 24.4. The molecule has 0 aliphatic heterocycles. The molecule has 3 aromatic carbocycles. The number of aliphatic hydroxyl groups is 1. The summed E-state index contributed by atoms with van der Waals surface area (Å²) in [5.74, 6) is -0.483. The summed E-state index contributed by atoms with van der Waals surface area (Å²) in [6, 6.07) is 32.8. The molecule has 0 unspecified atom stereocenters. The third kappa shape index (κ3) is 10.5. The zero-order valence-corrected chi connectivity index (χ0v) is 27.3. The van der Waals surface area contributed by atoms with Crippen molar-refractivity contribution in [3.05, 3.63) is 162 Å². The van der Waals surface area contributed by atoms with Gasteiger partial charge in [0.05, 0.1) is 35.6 Å². The minimum atomic E-state index is -1.19. The molecule has 3 amide bonds. The Labute approximate surface area is 290 Å². The number of amides is 3. The highest BCUT2D eigenvalue weighted by atomic mass is 16.5. The number of rotatable bonds is 15. The molecule has 2 aromatic heterocycles. The number of aromatic nitrogens is 2. The van der Waals surface area contributed by atoms with Gasteiger partial charge in [-0.2, -0.15) is 0 Å². The van der Waals surface area contributed by atoms with E-state index in [1.165, 1.54) is 4.90 Å². The quantitative estimate of drug-likeness (QED) is 0.104. The smallest absolute Gasteiger partial charge is 0.412 e. The van der Waals surface area contributed by atoms with Crippen molar-refractivity contribution in [2.45, 2.75) is 50.6 Å². The van der Waals surface area contributed by atoms with Crippen LogP contribution in [-0.2, 0) is 30.7 Å². The second-order valence-corrected chi connectivity index (χ2v) is 11.8. The first kappa shape index (κ1) is 35.2. The fraction of sp³-hybridized carbons (Fsp3) is 0.205. The Morgan fingerprint density at radius 3 is 2.08 bits per heavy atom. The average Bonchev–Trinajstić information content (AvgIpc) is 3.14. The molecule has 50 heavy (non-hydrogen) atoms. The van der Waals surface area contributed by atoms with Gasteiger partial charge in [-0.3, -0.25) is 25.0 Å². The van der Waals surface area contributed by atoms with E-state index in [0.717, 1.165) is 11.1 Å². The third-order valence-electron chi connectivity index (χ3n) is 8.13. The van der Waals surface area contributed by atoms with Gasteiger partial charge in [-0.1, -0.05) is 84.9 Å². The van der Waals surface area contributed by atoms with Crippen molar-refractivity contribution in [3.8, 4) is 0 Å². The molecule has 0 aliphatic rings. The number of nitrogens with zero attached hydrogens (tertiary/aromatic N) is 3. The van der Waals surface area contributed by atoms with E-state index < -0.39 is 36.3 Å². The molecular weight excluding hydrogens is 634 g/mol. The highest BCUT2D eigenvalue weighted by Crippen LogP contribution is 2.22. The van der Waals surface area contributed by atoms with Crippen molar-refractivity contribution < 1.29 is 29.3 Å². The van der Waals surface area contributed by atoms with E-state index in [-0.39, 0.29) is 37.2 Å². The van der Waals surface area contributed by atoms with Crippen molar-refractivity contribution in [3.63, 3.8) is 0 Å². The summed E-state index contributed by atoms with van der Waals surface area (Å²) < 4.78 is 5.31. The second kappa shape index (κ2) is 17.9. The maximum atomic E-state index is 13.8. The van der Waals surface area contributed by atoms with Crippen LogP contribution in [0.1, 0.15) is 39.2 Å². The van der Waals surface area contributed by atoms with Crippen LogP contribution in [0.4, 0.5) is 15.3 Å². The van der Waals surface area contributed by atoms with E-state index in [4.69, 9.17) is 4.74 Å². The summed E-state index contributed by atoms with van der Waals surface area (Å²) in [7, 11) is 0. The molecule has 3 atom stereocenters. The first-order valence-corrected chi connectivity index (χ1v) is 16.2. The Morgan fingerprint density at radius 1 is 0.760 bits per heavy atom.